The third-order valence-corrected chi connectivity index (χ3v) is 4.57. The van der Waals surface area contributed by atoms with Crippen molar-refractivity contribution in [2.75, 3.05) is 0 Å². The Balaban J connectivity index is 1.85. The molecule has 1 saturated carbocycles. The number of hydrogen-bond donors (Lipinski definition) is 1. The fourth-order valence-corrected chi connectivity index (χ4v) is 3.27. The molecule has 2 aromatic rings. The maximum Gasteiger partial charge on any atom is 0.218 e. The van der Waals surface area contributed by atoms with Crippen molar-refractivity contribution in [2.24, 2.45) is 11.7 Å². The van der Waals surface area contributed by atoms with Crippen molar-refractivity contribution in [2.45, 2.75) is 51.7 Å². The lowest BCUT2D eigenvalue weighted by molar-refractivity contribution is 0.116. The third kappa shape index (κ3) is 3.18. The Morgan fingerprint density at radius 2 is 2.14 bits per heavy atom. The molecule has 2 N–H and O–H groups in total. The fourth-order valence-electron chi connectivity index (χ4n) is 3.27. The summed E-state index contributed by atoms with van der Waals surface area (Å²) < 4.78 is 6.23. The average Bonchev–Trinajstić information content (AvgIpc) is 2.54. The molecule has 3 nitrogen and oxygen atoms in total. The fraction of sp³-hybridized carbons (Fsp3) is 0.500. The van der Waals surface area contributed by atoms with Crippen LogP contribution in [0.3, 0.4) is 0 Å². The minimum atomic E-state index is 0.294. The van der Waals surface area contributed by atoms with Gasteiger partial charge >= 0.3 is 0 Å². The largest absolute Gasteiger partial charge is 0.474 e. The molecule has 1 fully saturated rings. The van der Waals surface area contributed by atoms with E-state index in [2.05, 4.69) is 24.0 Å². The molecule has 0 spiro atoms. The summed E-state index contributed by atoms with van der Waals surface area (Å²) >= 11 is 0. The van der Waals surface area contributed by atoms with Crippen molar-refractivity contribution in [3.05, 3.63) is 35.9 Å². The lowest BCUT2D eigenvalue weighted by Crippen LogP contribution is -2.26. The molecule has 1 aromatic heterocycles. The zero-order chi connectivity index (χ0) is 14.7. The van der Waals surface area contributed by atoms with Gasteiger partial charge < -0.3 is 10.5 Å². The van der Waals surface area contributed by atoms with E-state index in [9.17, 15) is 0 Å². The van der Waals surface area contributed by atoms with Crippen LogP contribution in [0, 0.1) is 5.92 Å². The number of pyridine rings is 1. The van der Waals surface area contributed by atoms with Crippen molar-refractivity contribution in [1.82, 2.24) is 4.98 Å². The van der Waals surface area contributed by atoms with Crippen LogP contribution in [-0.4, -0.2) is 11.1 Å². The normalized spacial score (nSPS) is 22.4. The van der Waals surface area contributed by atoms with Crippen molar-refractivity contribution in [1.29, 1.82) is 0 Å². The minimum Gasteiger partial charge on any atom is -0.474 e. The summed E-state index contributed by atoms with van der Waals surface area (Å²) in [4.78, 5) is 4.69. The van der Waals surface area contributed by atoms with Crippen LogP contribution in [0.5, 0.6) is 5.88 Å². The second-order valence-electron chi connectivity index (χ2n) is 6.03. The maximum absolute atomic E-state index is 6.23. The van der Waals surface area contributed by atoms with E-state index in [-0.39, 0.29) is 0 Å². The van der Waals surface area contributed by atoms with Gasteiger partial charge in [0.1, 0.15) is 6.10 Å². The highest BCUT2D eigenvalue weighted by molar-refractivity contribution is 5.80. The summed E-state index contributed by atoms with van der Waals surface area (Å²) in [6.07, 6.45) is 6.42. The van der Waals surface area contributed by atoms with Gasteiger partial charge in [-0.15, -0.1) is 0 Å². The molecule has 0 bridgehead atoms. The van der Waals surface area contributed by atoms with Crippen LogP contribution in [0.2, 0.25) is 0 Å². The summed E-state index contributed by atoms with van der Waals surface area (Å²) in [6.45, 7) is 2.74. The number of benzene rings is 1. The third-order valence-electron chi connectivity index (χ3n) is 4.57. The van der Waals surface area contributed by atoms with E-state index in [1.54, 1.807) is 0 Å². The number of nitrogens with zero attached hydrogens (tertiary/aromatic N) is 1. The van der Waals surface area contributed by atoms with Gasteiger partial charge in [0, 0.05) is 17.5 Å². The van der Waals surface area contributed by atoms with Crippen LogP contribution in [-0.2, 0) is 6.54 Å². The number of para-hydroxylation sites is 1. The maximum atomic E-state index is 6.23. The summed E-state index contributed by atoms with van der Waals surface area (Å²) in [7, 11) is 0. The lowest BCUT2D eigenvalue weighted by atomic mass is 9.85. The second-order valence-corrected chi connectivity index (χ2v) is 6.03. The molecule has 1 aromatic carbocycles. The highest BCUT2D eigenvalue weighted by Crippen LogP contribution is 2.31. The Morgan fingerprint density at radius 3 is 2.95 bits per heavy atom. The molecule has 0 saturated heterocycles. The molecule has 1 aliphatic rings. The van der Waals surface area contributed by atoms with Crippen LogP contribution in [0.25, 0.3) is 10.9 Å². The molecule has 1 heterocycles. The number of hydrogen-bond acceptors (Lipinski definition) is 3. The molecule has 112 valence electrons. The molecule has 1 aliphatic carbocycles. The first kappa shape index (κ1) is 14.3. The van der Waals surface area contributed by atoms with Crippen molar-refractivity contribution in [3.8, 4) is 5.88 Å². The van der Waals surface area contributed by atoms with Gasteiger partial charge in [0.05, 0.1) is 5.52 Å². The van der Waals surface area contributed by atoms with E-state index in [0.717, 1.165) is 41.1 Å². The Kier molecular flexibility index (Phi) is 4.39. The zero-order valence-corrected chi connectivity index (χ0v) is 12.7. The quantitative estimate of drug-likeness (QED) is 0.921. The van der Waals surface area contributed by atoms with Crippen LogP contribution < -0.4 is 10.5 Å². The van der Waals surface area contributed by atoms with E-state index < -0.39 is 0 Å². The summed E-state index contributed by atoms with van der Waals surface area (Å²) in [5.74, 6) is 1.53. The van der Waals surface area contributed by atoms with Gasteiger partial charge in [-0.05, 0) is 37.3 Å². The molecule has 3 heteroatoms. The molecule has 2 unspecified atom stereocenters. The van der Waals surface area contributed by atoms with E-state index in [0.29, 0.717) is 12.6 Å². The van der Waals surface area contributed by atoms with Gasteiger partial charge in [-0.2, -0.15) is 0 Å². The standard InChI is InChI=1S/C18H24N2O/c1-2-13-6-5-8-16(10-13)21-18-15(12-19)11-14-7-3-4-9-17(14)20-18/h3-4,7,9,11,13,16H,2,5-6,8,10,12,19H2,1H3. The van der Waals surface area contributed by atoms with Gasteiger partial charge in [0.25, 0.3) is 0 Å². The van der Waals surface area contributed by atoms with Gasteiger partial charge in [-0.3, -0.25) is 0 Å². The smallest absolute Gasteiger partial charge is 0.218 e. The van der Waals surface area contributed by atoms with Crippen LogP contribution >= 0.6 is 0 Å². The number of aromatic nitrogens is 1. The summed E-state index contributed by atoms with van der Waals surface area (Å²) in [6, 6.07) is 10.2. The first-order chi connectivity index (χ1) is 10.3. The Labute approximate surface area is 126 Å². The second kappa shape index (κ2) is 6.44. The summed E-state index contributed by atoms with van der Waals surface area (Å²) in [5, 5.41) is 1.13. The van der Waals surface area contributed by atoms with Crippen molar-refractivity contribution < 1.29 is 4.74 Å². The predicted molar refractivity (Wildman–Crippen MR) is 86.3 cm³/mol. The summed E-state index contributed by atoms with van der Waals surface area (Å²) in [5.41, 5.74) is 7.87. The van der Waals surface area contributed by atoms with Crippen LogP contribution in [0.15, 0.2) is 30.3 Å². The Hall–Kier alpha value is -1.61. The van der Waals surface area contributed by atoms with Gasteiger partial charge in [0.15, 0.2) is 0 Å². The molecule has 3 rings (SSSR count). The molecular weight excluding hydrogens is 260 g/mol. The topological polar surface area (TPSA) is 48.1 Å². The molecular formula is C18H24N2O. The number of ether oxygens (including phenoxy) is 1. The van der Waals surface area contributed by atoms with E-state index >= 15 is 0 Å². The van der Waals surface area contributed by atoms with Gasteiger partial charge in [-0.1, -0.05) is 38.0 Å². The lowest BCUT2D eigenvalue weighted by Gasteiger charge is -2.29. The van der Waals surface area contributed by atoms with Crippen LogP contribution in [0.1, 0.15) is 44.6 Å². The van der Waals surface area contributed by atoms with Crippen molar-refractivity contribution >= 4 is 10.9 Å². The van der Waals surface area contributed by atoms with E-state index in [1.165, 1.54) is 19.3 Å². The highest BCUT2D eigenvalue weighted by atomic mass is 16.5. The van der Waals surface area contributed by atoms with Crippen molar-refractivity contribution in [3.63, 3.8) is 0 Å². The SMILES string of the molecule is CCC1CCCC(Oc2nc3ccccc3cc2CN)C1. The van der Waals surface area contributed by atoms with E-state index in [4.69, 9.17) is 10.5 Å². The Bertz CT molecular complexity index is 611. The zero-order valence-electron chi connectivity index (χ0n) is 12.7. The first-order valence-corrected chi connectivity index (χ1v) is 8.05. The first-order valence-electron chi connectivity index (χ1n) is 8.05. The molecule has 0 aliphatic heterocycles. The van der Waals surface area contributed by atoms with Crippen LogP contribution in [0.4, 0.5) is 0 Å². The minimum absolute atomic E-state index is 0.294. The molecule has 21 heavy (non-hydrogen) atoms. The highest BCUT2D eigenvalue weighted by Gasteiger charge is 2.23. The predicted octanol–water partition coefficient (Wildman–Crippen LogP) is 4.04. The number of fused-ring (bicyclic) bond motifs is 1. The van der Waals surface area contributed by atoms with Gasteiger partial charge in [0.2, 0.25) is 5.88 Å². The van der Waals surface area contributed by atoms with Gasteiger partial charge in [-0.25, -0.2) is 4.98 Å². The number of rotatable bonds is 4. The monoisotopic (exact) mass is 284 g/mol. The Morgan fingerprint density at radius 1 is 1.29 bits per heavy atom. The molecule has 0 radical (unpaired) electrons. The number of nitrogens with two attached hydrogens (primary N) is 1. The van der Waals surface area contributed by atoms with E-state index in [1.807, 2.05) is 18.2 Å². The molecule has 2 atom stereocenters. The average molecular weight is 284 g/mol. The molecule has 0 amide bonds.